The van der Waals surface area contributed by atoms with Crippen molar-refractivity contribution in [1.82, 2.24) is 5.32 Å². The first-order chi connectivity index (χ1) is 10.2. The van der Waals surface area contributed by atoms with Crippen LogP contribution in [-0.4, -0.2) is 18.0 Å². The molecule has 0 radical (unpaired) electrons. The average Bonchev–Trinajstić information content (AvgIpc) is 2.51. The van der Waals surface area contributed by atoms with Gasteiger partial charge in [0.15, 0.2) is 0 Å². The number of nitrogens with one attached hydrogen (secondary N) is 1. The molecular formula is C18H34N2O. The smallest absolute Gasteiger partial charge is 0.220 e. The van der Waals surface area contributed by atoms with Gasteiger partial charge >= 0.3 is 0 Å². The first kappa shape index (κ1) is 16.8. The Kier molecular flexibility index (Phi) is 7.01. The monoisotopic (exact) mass is 294 g/mol. The second kappa shape index (κ2) is 8.77. The third-order valence-corrected chi connectivity index (χ3v) is 5.61. The summed E-state index contributed by atoms with van der Waals surface area (Å²) < 4.78 is 0. The minimum atomic E-state index is 0.270. The Bertz CT molecular complexity index is 312. The molecule has 0 aliphatic heterocycles. The number of nitrogens with two attached hydrogens (primary N) is 1. The average molecular weight is 294 g/mol. The number of carbonyl (C=O) groups excluding carboxylic acids is 1. The fourth-order valence-electron chi connectivity index (χ4n) is 4.30. The molecule has 0 aromatic rings. The maximum Gasteiger partial charge on any atom is 0.220 e. The summed E-state index contributed by atoms with van der Waals surface area (Å²) in [6.45, 7) is 2.21. The molecule has 21 heavy (non-hydrogen) atoms. The number of carbonyl (C=O) groups is 1. The van der Waals surface area contributed by atoms with Gasteiger partial charge in [0.2, 0.25) is 5.91 Å². The van der Waals surface area contributed by atoms with Crippen molar-refractivity contribution < 1.29 is 4.79 Å². The summed E-state index contributed by atoms with van der Waals surface area (Å²) in [6.07, 6.45) is 14.3. The standard InChI is InChI=1S/C18H34N2O/c1-2-17(15-8-4-3-5-9-15)20-18(21)12-11-14-7-6-10-16(19)13-14/h14-17H,2-13,19H2,1H3,(H,20,21). The van der Waals surface area contributed by atoms with Gasteiger partial charge in [0.25, 0.3) is 0 Å². The predicted octanol–water partition coefficient (Wildman–Crippen LogP) is 3.76. The highest BCUT2D eigenvalue weighted by molar-refractivity contribution is 5.76. The van der Waals surface area contributed by atoms with Crippen molar-refractivity contribution in [3.05, 3.63) is 0 Å². The Morgan fingerprint density at radius 1 is 1.14 bits per heavy atom. The van der Waals surface area contributed by atoms with E-state index in [1.165, 1.54) is 51.4 Å². The molecule has 0 saturated heterocycles. The van der Waals surface area contributed by atoms with E-state index >= 15 is 0 Å². The lowest BCUT2D eigenvalue weighted by atomic mass is 9.82. The van der Waals surface area contributed by atoms with Crippen LogP contribution in [0.3, 0.4) is 0 Å². The van der Waals surface area contributed by atoms with Crippen LogP contribution in [0.25, 0.3) is 0 Å². The molecule has 0 bridgehead atoms. The Hall–Kier alpha value is -0.570. The molecular weight excluding hydrogens is 260 g/mol. The van der Waals surface area contributed by atoms with E-state index in [4.69, 9.17) is 5.73 Å². The van der Waals surface area contributed by atoms with E-state index in [-0.39, 0.29) is 5.91 Å². The molecule has 2 fully saturated rings. The van der Waals surface area contributed by atoms with Crippen LogP contribution in [0.1, 0.15) is 84.0 Å². The van der Waals surface area contributed by atoms with Crippen LogP contribution < -0.4 is 11.1 Å². The van der Waals surface area contributed by atoms with Crippen molar-refractivity contribution in [2.45, 2.75) is 96.1 Å². The van der Waals surface area contributed by atoms with Crippen LogP contribution in [0, 0.1) is 11.8 Å². The van der Waals surface area contributed by atoms with Gasteiger partial charge in [0.05, 0.1) is 0 Å². The lowest BCUT2D eigenvalue weighted by molar-refractivity contribution is -0.122. The van der Waals surface area contributed by atoms with Crippen LogP contribution in [0.15, 0.2) is 0 Å². The van der Waals surface area contributed by atoms with Crippen molar-refractivity contribution >= 4 is 5.91 Å². The molecule has 0 heterocycles. The molecule has 2 aliphatic rings. The highest BCUT2D eigenvalue weighted by Gasteiger charge is 2.24. The van der Waals surface area contributed by atoms with E-state index in [0.29, 0.717) is 24.4 Å². The van der Waals surface area contributed by atoms with Gasteiger partial charge in [-0.2, -0.15) is 0 Å². The zero-order valence-electron chi connectivity index (χ0n) is 13.8. The Labute approximate surface area is 130 Å². The van der Waals surface area contributed by atoms with Crippen LogP contribution in [0.5, 0.6) is 0 Å². The highest BCUT2D eigenvalue weighted by Crippen LogP contribution is 2.29. The fourth-order valence-corrected chi connectivity index (χ4v) is 4.30. The van der Waals surface area contributed by atoms with Gasteiger partial charge in [-0.1, -0.05) is 39.0 Å². The first-order valence-electron chi connectivity index (χ1n) is 9.24. The summed E-state index contributed by atoms with van der Waals surface area (Å²) in [5, 5.41) is 3.32. The number of hydrogen-bond donors (Lipinski definition) is 2. The lowest BCUT2D eigenvalue weighted by Crippen LogP contribution is -2.40. The van der Waals surface area contributed by atoms with E-state index < -0.39 is 0 Å². The normalized spacial score (nSPS) is 29.0. The molecule has 3 unspecified atom stereocenters. The van der Waals surface area contributed by atoms with Gasteiger partial charge in [-0.3, -0.25) is 4.79 Å². The van der Waals surface area contributed by atoms with Crippen LogP contribution >= 0.6 is 0 Å². The summed E-state index contributed by atoms with van der Waals surface area (Å²) in [5.74, 6) is 1.66. The molecule has 1 amide bonds. The van der Waals surface area contributed by atoms with Crippen molar-refractivity contribution in [2.75, 3.05) is 0 Å². The van der Waals surface area contributed by atoms with Gasteiger partial charge in [0, 0.05) is 18.5 Å². The Balaban J connectivity index is 1.69. The zero-order valence-corrected chi connectivity index (χ0v) is 13.8. The van der Waals surface area contributed by atoms with Crippen molar-refractivity contribution in [3.63, 3.8) is 0 Å². The molecule has 3 heteroatoms. The fraction of sp³-hybridized carbons (Fsp3) is 0.944. The van der Waals surface area contributed by atoms with E-state index in [1.807, 2.05) is 0 Å². The maximum atomic E-state index is 12.2. The highest BCUT2D eigenvalue weighted by atomic mass is 16.1. The molecule has 0 spiro atoms. The summed E-state index contributed by atoms with van der Waals surface area (Å²) in [6, 6.07) is 0.781. The molecule has 0 aromatic heterocycles. The molecule has 3 nitrogen and oxygen atoms in total. The molecule has 3 atom stereocenters. The number of amides is 1. The molecule has 2 saturated carbocycles. The predicted molar refractivity (Wildman–Crippen MR) is 88.0 cm³/mol. The van der Waals surface area contributed by atoms with Gasteiger partial charge in [-0.25, -0.2) is 0 Å². The maximum absolute atomic E-state index is 12.2. The van der Waals surface area contributed by atoms with Gasteiger partial charge < -0.3 is 11.1 Å². The van der Waals surface area contributed by atoms with Crippen molar-refractivity contribution in [3.8, 4) is 0 Å². The van der Waals surface area contributed by atoms with Crippen LogP contribution in [0.4, 0.5) is 0 Å². The lowest BCUT2D eigenvalue weighted by Gasteiger charge is -2.31. The summed E-state index contributed by atoms with van der Waals surface area (Å²) in [7, 11) is 0. The van der Waals surface area contributed by atoms with E-state index in [0.717, 1.165) is 25.2 Å². The van der Waals surface area contributed by atoms with E-state index in [9.17, 15) is 4.79 Å². The van der Waals surface area contributed by atoms with E-state index in [2.05, 4.69) is 12.2 Å². The second-order valence-electron chi connectivity index (χ2n) is 7.31. The first-order valence-corrected chi connectivity index (χ1v) is 9.24. The third kappa shape index (κ3) is 5.61. The summed E-state index contributed by atoms with van der Waals surface area (Å²) in [5.41, 5.74) is 6.03. The van der Waals surface area contributed by atoms with Crippen molar-refractivity contribution in [2.24, 2.45) is 17.6 Å². The van der Waals surface area contributed by atoms with Crippen molar-refractivity contribution in [1.29, 1.82) is 0 Å². The van der Waals surface area contributed by atoms with Gasteiger partial charge in [-0.15, -0.1) is 0 Å². The zero-order chi connectivity index (χ0) is 15.1. The Morgan fingerprint density at radius 2 is 1.90 bits per heavy atom. The molecule has 0 aromatic carbocycles. The molecule has 122 valence electrons. The minimum Gasteiger partial charge on any atom is -0.353 e. The number of rotatable bonds is 6. The van der Waals surface area contributed by atoms with Crippen LogP contribution in [-0.2, 0) is 4.79 Å². The number of hydrogen-bond acceptors (Lipinski definition) is 2. The van der Waals surface area contributed by atoms with Gasteiger partial charge in [-0.05, 0) is 50.4 Å². The topological polar surface area (TPSA) is 55.1 Å². The van der Waals surface area contributed by atoms with Crippen LogP contribution in [0.2, 0.25) is 0 Å². The third-order valence-electron chi connectivity index (χ3n) is 5.61. The summed E-state index contributed by atoms with van der Waals surface area (Å²) in [4.78, 5) is 12.2. The molecule has 2 aliphatic carbocycles. The van der Waals surface area contributed by atoms with E-state index in [1.54, 1.807) is 0 Å². The van der Waals surface area contributed by atoms with Gasteiger partial charge in [0.1, 0.15) is 0 Å². The molecule has 2 rings (SSSR count). The SMILES string of the molecule is CCC(NC(=O)CCC1CCCC(N)C1)C1CCCCC1. The quantitative estimate of drug-likeness (QED) is 0.783. The second-order valence-corrected chi connectivity index (χ2v) is 7.31. The largest absolute Gasteiger partial charge is 0.353 e. The summed E-state index contributed by atoms with van der Waals surface area (Å²) >= 11 is 0. The minimum absolute atomic E-state index is 0.270. The Morgan fingerprint density at radius 3 is 2.57 bits per heavy atom. The molecule has 3 N–H and O–H groups in total.